The first-order valence-electron chi connectivity index (χ1n) is 15.0. The zero-order valence-corrected chi connectivity index (χ0v) is 25.1. The van der Waals surface area contributed by atoms with Crippen LogP contribution in [-0.4, -0.2) is 46.5 Å². The third-order valence-electron chi connectivity index (χ3n) is 9.19. The Morgan fingerprint density at radius 2 is 1.45 bits per heavy atom. The lowest BCUT2D eigenvalue weighted by Gasteiger charge is -2.65. The van der Waals surface area contributed by atoms with Gasteiger partial charge in [0.15, 0.2) is 11.5 Å². The highest BCUT2D eigenvalue weighted by molar-refractivity contribution is 6.30. The van der Waals surface area contributed by atoms with E-state index in [0.717, 1.165) is 37.1 Å². The second-order valence-electron chi connectivity index (χ2n) is 12.6. The van der Waals surface area contributed by atoms with Crippen LogP contribution in [0.1, 0.15) is 81.3 Å². The van der Waals surface area contributed by atoms with Gasteiger partial charge in [-0.05, 0) is 97.6 Å². The molecule has 3 N–H and O–H groups in total. The number of esters is 2. The first-order chi connectivity index (χ1) is 20.9. The Labute approximate surface area is 260 Å². The molecule has 3 bridgehead atoms. The summed E-state index contributed by atoms with van der Waals surface area (Å²) in [4.78, 5) is 59.4. The topological polar surface area (TPSA) is 156 Å². The van der Waals surface area contributed by atoms with Crippen LogP contribution in [0.15, 0.2) is 42.5 Å². The standard InChI is InChI=1S/C33H36ClNO9/c34-24-4-2-22(3-5-24)23-13-21-15-32(17-23)18-33(16-21,19-32)31(42)35-12-11-20-1-6-25(43-29(40)9-7-27(36)37)26(14-20)44-30(41)10-8-28(38)39/h1-6,14,21,23H,7-13,15-19H2,(H,35,42)(H,36,37)(H,38,39). The van der Waals surface area contributed by atoms with Crippen molar-refractivity contribution in [2.75, 3.05) is 6.54 Å². The summed E-state index contributed by atoms with van der Waals surface area (Å²) < 4.78 is 10.5. The van der Waals surface area contributed by atoms with Crippen LogP contribution in [0.3, 0.4) is 0 Å². The second-order valence-corrected chi connectivity index (χ2v) is 13.1. The number of halogens is 1. The molecule has 0 aliphatic heterocycles. The molecule has 2 aromatic carbocycles. The summed E-state index contributed by atoms with van der Waals surface area (Å²) in [5, 5.41) is 21.5. The number of carbonyl (C=O) groups is 5. The zero-order chi connectivity index (χ0) is 31.5. The fourth-order valence-corrected chi connectivity index (χ4v) is 7.83. The van der Waals surface area contributed by atoms with Gasteiger partial charge in [0.05, 0.1) is 31.1 Å². The molecular weight excluding hydrogens is 590 g/mol. The third kappa shape index (κ3) is 7.41. The fourth-order valence-electron chi connectivity index (χ4n) is 7.70. The molecule has 1 spiro atoms. The van der Waals surface area contributed by atoms with Crippen LogP contribution in [-0.2, 0) is 30.4 Å². The molecule has 4 fully saturated rings. The minimum Gasteiger partial charge on any atom is -0.481 e. The molecule has 4 aliphatic rings. The van der Waals surface area contributed by atoms with Crippen LogP contribution >= 0.6 is 11.6 Å². The van der Waals surface area contributed by atoms with Crippen molar-refractivity contribution in [3.63, 3.8) is 0 Å². The summed E-state index contributed by atoms with van der Waals surface area (Å²) in [7, 11) is 0. The van der Waals surface area contributed by atoms with Gasteiger partial charge in [-0.1, -0.05) is 29.8 Å². The number of hydrogen-bond acceptors (Lipinski definition) is 7. The predicted octanol–water partition coefficient (Wildman–Crippen LogP) is 5.29. The second kappa shape index (κ2) is 13.0. The smallest absolute Gasteiger partial charge is 0.311 e. The number of carboxylic acid groups (broad SMARTS) is 2. The van der Waals surface area contributed by atoms with Crippen molar-refractivity contribution in [1.29, 1.82) is 0 Å². The molecule has 0 saturated heterocycles. The molecule has 10 nitrogen and oxygen atoms in total. The number of carboxylic acids is 2. The zero-order valence-electron chi connectivity index (χ0n) is 24.3. The minimum atomic E-state index is -1.16. The average molecular weight is 626 g/mol. The molecule has 2 atom stereocenters. The molecule has 11 heteroatoms. The maximum absolute atomic E-state index is 13.4. The molecule has 2 aromatic rings. The lowest BCUT2D eigenvalue weighted by atomic mass is 9.38. The van der Waals surface area contributed by atoms with Crippen LogP contribution in [0.5, 0.6) is 11.5 Å². The molecule has 4 aliphatic carbocycles. The Morgan fingerprint density at radius 1 is 0.818 bits per heavy atom. The van der Waals surface area contributed by atoms with Gasteiger partial charge < -0.3 is 25.0 Å². The summed E-state index contributed by atoms with van der Waals surface area (Å²) in [6, 6.07) is 12.8. The summed E-state index contributed by atoms with van der Waals surface area (Å²) in [6.07, 6.45) is 4.89. The monoisotopic (exact) mass is 625 g/mol. The highest BCUT2D eigenvalue weighted by atomic mass is 35.5. The van der Waals surface area contributed by atoms with E-state index in [1.54, 1.807) is 6.07 Å². The number of hydrogen-bond donors (Lipinski definition) is 3. The average Bonchev–Trinajstić information content (AvgIpc) is 2.95. The van der Waals surface area contributed by atoms with Crippen molar-refractivity contribution in [1.82, 2.24) is 5.32 Å². The van der Waals surface area contributed by atoms with Gasteiger partial charge in [-0.2, -0.15) is 0 Å². The van der Waals surface area contributed by atoms with Gasteiger partial charge in [0.2, 0.25) is 5.91 Å². The highest BCUT2D eigenvalue weighted by Gasteiger charge is 2.65. The Hall–Kier alpha value is -3.92. The van der Waals surface area contributed by atoms with E-state index in [0.29, 0.717) is 30.4 Å². The van der Waals surface area contributed by atoms with Gasteiger partial charge in [-0.25, -0.2) is 0 Å². The quantitative estimate of drug-likeness (QED) is 0.199. The lowest BCUT2D eigenvalue weighted by molar-refractivity contribution is -0.176. The summed E-state index contributed by atoms with van der Waals surface area (Å²) in [5.74, 6) is -3.03. The molecule has 2 unspecified atom stereocenters. The number of rotatable bonds is 13. The molecule has 44 heavy (non-hydrogen) atoms. The molecule has 0 aromatic heterocycles. The van der Waals surface area contributed by atoms with E-state index < -0.39 is 36.7 Å². The molecule has 0 radical (unpaired) electrons. The first kappa shape index (κ1) is 31.5. The Balaban J connectivity index is 1.18. The molecule has 1 amide bonds. The van der Waals surface area contributed by atoms with E-state index in [4.69, 9.17) is 31.3 Å². The fraction of sp³-hybridized carbons (Fsp3) is 0.485. The normalized spacial score (nSPS) is 24.8. The van der Waals surface area contributed by atoms with Gasteiger partial charge in [0, 0.05) is 11.6 Å². The summed E-state index contributed by atoms with van der Waals surface area (Å²) >= 11 is 6.09. The first-order valence-corrected chi connectivity index (χ1v) is 15.3. The van der Waals surface area contributed by atoms with Gasteiger partial charge in [0.25, 0.3) is 0 Å². The number of aliphatic carboxylic acids is 2. The lowest BCUT2D eigenvalue weighted by Crippen LogP contribution is -2.62. The van der Waals surface area contributed by atoms with Crippen LogP contribution < -0.4 is 14.8 Å². The van der Waals surface area contributed by atoms with E-state index in [1.165, 1.54) is 24.1 Å². The van der Waals surface area contributed by atoms with Crippen LogP contribution in [0.4, 0.5) is 0 Å². The Kier molecular flexibility index (Phi) is 9.29. The maximum Gasteiger partial charge on any atom is 0.311 e. The van der Waals surface area contributed by atoms with Crippen LogP contribution in [0, 0.1) is 16.7 Å². The molecule has 4 saturated carbocycles. The summed E-state index contributed by atoms with van der Waals surface area (Å²) in [6.45, 7) is 0.357. The number of carbonyl (C=O) groups excluding carboxylic acids is 3. The van der Waals surface area contributed by atoms with Gasteiger partial charge in [-0.3, -0.25) is 24.0 Å². The highest BCUT2D eigenvalue weighted by Crippen LogP contribution is 2.71. The van der Waals surface area contributed by atoms with Crippen molar-refractivity contribution in [3.8, 4) is 11.5 Å². The van der Waals surface area contributed by atoms with Crippen molar-refractivity contribution >= 4 is 41.4 Å². The number of amides is 1. The van der Waals surface area contributed by atoms with Gasteiger partial charge >= 0.3 is 23.9 Å². The van der Waals surface area contributed by atoms with E-state index >= 15 is 0 Å². The molecular formula is C33H36ClNO9. The Bertz CT molecular complexity index is 1440. The SMILES string of the molecule is O=C(O)CCC(=O)Oc1ccc(CCNC(=O)C23CC4CC(c5ccc(Cl)cc5)CC(C4)(C2)C3)cc1OC(=O)CCC(=O)O. The van der Waals surface area contributed by atoms with E-state index in [-0.39, 0.29) is 41.1 Å². The predicted molar refractivity (Wildman–Crippen MR) is 158 cm³/mol. The van der Waals surface area contributed by atoms with Gasteiger partial charge in [-0.15, -0.1) is 0 Å². The minimum absolute atomic E-state index is 0.0760. The number of benzene rings is 2. The van der Waals surface area contributed by atoms with Crippen molar-refractivity contribution < 1.29 is 43.7 Å². The molecule has 6 rings (SSSR count). The van der Waals surface area contributed by atoms with Gasteiger partial charge in [0.1, 0.15) is 0 Å². The van der Waals surface area contributed by atoms with E-state index in [1.807, 2.05) is 12.1 Å². The maximum atomic E-state index is 13.4. The van der Waals surface area contributed by atoms with Crippen LogP contribution in [0.25, 0.3) is 0 Å². The number of nitrogens with one attached hydrogen (secondary N) is 1. The largest absolute Gasteiger partial charge is 0.481 e. The van der Waals surface area contributed by atoms with E-state index in [9.17, 15) is 24.0 Å². The third-order valence-corrected chi connectivity index (χ3v) is 9.44. The Morgan fingerprint density at radius 3 is 2.07 bits per heavy atom. The van der Waals surface area contributed by atoms with Crippen molar-refractivity contribution in [2.24, 2.45) is 16.7 Å². The molecule has 234 valence electrons. The van der Waals surface area contributed by atoms with Crippen LogP contribution in [0.2, 0.25) is 5.02 Å². The van der Waals surface area contributed by atoms with Crippen molar-refractivity contribution in [3.05, 3.63) is 58.6 Å². The summed E-state index contributed by atoms with van der Waals surface area (Å²) in [5.41, 5.74) is 1.92. The molecule has 0 heterocycles. The van der Waals surface area contributed by atoms with E-state index in [2.05, 4.69) is 17.4 Å². The van der Waals surface area contributed by atoms with Crippen molar-refractivity contribution in [2.45, 2.75) is 76.5 Å². The number of ether oxygens (including phenoxy) is 2.